The summed E-state index contributed by atoms with van der Waals surface area (Å²) in [5, 5.41) is 2.97. The highest BCUT2D eigenvalue weighted by Crippen LogP contribution is 2.02. The van der Waals surface area contributed by atoms with E-state index in [9.17, 15) is 8.42 Å². The Hall–Kier alpha value is 0.0800. The number of hydrogen-bond acceptors (Lipinski definition) is 4. The average molecular weight is 274 g/mol. The van der Waals surface area contributed by atoms with E-state index in [0.717, 1.165) is 13.0 Å². The van der Waals surface area contributed by atoms with Gasteiger partial charge >= 0.3 is 0 Å². The van der Waals surface area contributed by atoms with Gasteiger partial charge in [0, 0.05) is 19.6 Å². The van der Waals surface area contributed by atoms with Gasteiger partial charge in [-0.2, -0.15) is 12.7 Å². The van der Waals surface area contributed by atoms with Crippen LogP contribution in [0.5, 0.6) is 0 Å². The molecule has 8 heteroatoms. The highest BCUT2D eigenvalue weighted by Gasteiger charge is 2.23. The summed E-state index contributed by atoms with van der Waals surface area (Å²) < 4.78 is 32.5. The molecule has 0 spiro atoms. The van der Waals surface area contributed by atoms with Crippen LogP contribution < -0.4 is 10.0 Å². The van der Waals surface area contributed by atoms with Gasteiger partial charge in [-0.3, -0.25) is 0 Å². The van der Waals surface area contributed by atoms with Crippen LogP contribution in [0.2, 0.25) is 0 Å². The predicted molar refractivity (Wildman–Crippen MR) is 65.1 cm³/mol. The summed E-state index contributed by atoms with van der Waals surface area (Å²) in [5.74, 6) is 0. The van der Waals surface area contributed by atoms with E-state index in [-0.39, 0.29) is 12.4 Å². The molecule has 1 rings (SSSR count). The minimum atomic E-state index is -3.29. The molecule has 1 aliphatic rings. The molecule has 0 aromatic heterocycles. The molecule has 98 valence electrons. The van der Waals surface area contributed by atoms with Gasteiger partial charge in [0.1, 0.15) is 0 Å². The second kappa shape index (κ2) is 8.21. The first-order chi connectivity index (χ1) is 7.17. The van der Waals surface area contributed by atoms with Crippen LogP contribution in [0.4, 0.5) is 0 Å². The van der Waals surface area contributed by atoms with Gasteiger partial charge in [-0.1, -0.05) is 0 Å². The second-order valence-electron chi connectivity index (χ2n) is 3.37. The molecule has 16 heavy (non-hydrogen) atoms. The zero-order valence-electron chi connectivity index (χ0n) is 9.44. The van der Waals surface area contributed by atoms with E-state index in [0.29, 0.717) is 32.8 Å². The smallest absolute Gasteiger partial charge is 0.279 e. The first-order valence-corrected chi connectivity index (χ1v) is 6.58. The minimum absolute atomic E-state index is 0. The van der Waals surface area contributed by atoms with E-state index < -0.39 is 10.2 Å². The molecular weight excluding hydrogens is 254 g/mol. The largest absolute Gasteiger partial charge is 0.379 e. The van der Waals surface area contributed by atoms with Crippen molar-refractivity contribution in [2.24, 2.45) is 0 Å². The summed E-state index contributed by atoms with van der Waals surface area (Å²) in [6.07, 6.45) is 0.792. The molecule has 0 unspecified atom stereocenters. The Balaban J connectivity index is 0.00000225. The molecule has 0 aliphatic carbocycles. The van der Waals surface area contributed by atoms with Crippen molar-refractivity contribution in [1.29, 1.82) is 0 Å². The van der Waals surface area contributed by atoms with Crippen LogP contribution in [0.3, 0.4) is 0 Å². The molecule has 0 radical (unpaired) electrons. The van der Waals surface area contributed by atoms with Crippen molar-refractivity contribution >= 4 is 22.6 Å². The van der Waals surface area contributed by atoms with Gasteiger partial charge < -0.3 is 10.1 Å². The molecule has 6 nitrogen and oxygen atoms in total. The van der Waals surface area contributed by atoms with Crippen LogP contribution in [-0.4, -0.2) is 59.2 Å². The van der Waals surface area contributed by atoms with E-state index in [1.54, 1.807) is 0 Å². The summed E-state index contributed by atoms with van der Waals surface area (Å²) in [5.41, 5.74) is 0. The molecule has 0 aromatic carbocycles. The van der Waals surface area contributed by atoms with Gasteiger partial charge in [0.05, 0.1) is 13.2 Å². The lowest BCUT2D eigenvalue weighted by atomic mass is 10.4. The lowest BCUT2D eigenvalue weighted by Gasteiger charge is -2.26. The fourth-order valence-electron chi connectivity index (χ4n) is 1.34. The number of nitrogens with zero attached hydrogens (tertiary/aromatic N) is 1. The third kappa shape index (κ3) is 5.42. The van der Waals surface area contributed by atoms with E-state index >= 15 is 0 Å². The van der Waals surface area contributed by atoms with Gasteiger partial charge in [-0.15, -0.1) is 12.4 Å². The maximum absolute atomic E-state index is 11.7. The Bertz CT molecular complexity index is 268. The second-order valence-corrected chi connectivity index (χ2v) is 5.12. The topological polar surface area (TPSA) is 70.7 Å². The quantitative estimate of drug-likeness (QED) is 0.621. The van der Waals surface area contributed by atoms with Crippen molar-refractivity contribution in [3.63, 3.8) is 0 Å². The van der Waals surface area contributed by atoms with Crippen molar-refractivity contribution in [2.75, 3.05) is 46.4 Å². The number of halogens is 1. The summed E-state index contributed by atoms with van der Waals surface area (Å²) in [6.45, 7) is 3.14. The molecule has 0 amide bonds. The van der Waals surface area contributed by atoms with E-state index in [1.165, 1.54) is 4.31 Å². The first-order valence-electron chi connectivity index (χ1n) is 5.14. The van der Waals surface area contributed by atoms with Gasteiger partial charge in [-0.05, 0) is 20.0 Å². The molecular formula is C8H20ClN3O3S. The van der Waals surface area contributed by atoms with Gasteiger partial charge in [-0.25, -0.2) is 4.72 Å². The van der Waals surface area contributed by atoms with E-state index in [4.69, 9.17) is 4.74 Å². The minimum Gasteiger partial charge on any atom is -0.379 e. The Morgan fingerprint density at radius 1 is 1.25 bits per heavy atom. The number of morpholine rings is 1. The van der Waals surface area contributed by atoms with Gasteiger partial charge in [0.2, 0.25) is 0 Å². The Morgan fingerprint density at radius 2 is 1.88 bits per heavy atom. The normalized spacial score (nSPS) is 18.1. The van der Waals surface area contributed by atoms with Crippen LogP contribution in [0.25, 0.3) is 0 Å². The molecule has 1 fully saturated rings. The number of ether oxygens (including phenoxy) is 1. The molecule has 1 aliphatic heterocycles. The monoisotopic (exact) mass is 273 g/mol. The molecule has 0 bridgehead atoms. The molecule has 1 heterocycles. The maximum Gasteiger partial charge on any atom is 0.279 e. The Kier molecular flexibility index (Phi) is 8.25. The van der Waals surface area contributed by atoms with Gasteiger partial charge in [0.25, 0.3) is 10.2 Å². The first kappa shape index (κ1) is 16.1. The van der Waals surface area contributed by atoms with Gasteiger partial charge in [0.15, 0.2) is 0 Å². The lowest BCUT2D eigenvalue weighted by Crippen LogP contribution is -2.47. The highest BCUT2D eigenvalue weighted by atomic mass is 35.5. The number of rotatable bonds is 6. The fraction of sp³-hybridized carbons (Fsp3) is 1.00. The van der Waals surface area contributed by atoms with Crippen molar-refractivity contribution in [3.05, 3.63) is 0 Å². The maximum atomic E-state index is 11.7. The van der Waals surface area contributed by atoms with Crippen molar-refractivity contribution in [1.82, 2.24) is 14.3 Å². The summed E-state index contributed by atoms with van der Waals surface area (Å²) >= 11 is 0. The third-order valence-corrected chi connectivity index (χ3v) is 3.81. The Morgan fingerprint density at radius 3 is 2.44 bits per heavy atom. The molecule has 0 atom stereocenters. The summed E-state index contributed by atoms with van der Waals surface area (Å²) in [4.78, 5) is 0. The fourth-order valence-corrected chi connectivity index (χ4v) is 2.56. The Labute approximate surface area is 103 Å². The zero-order valence-corrected chi connectivity index (χ0v) is 11.1. The van der Waals surface area contributed by atoms with Crippen LogP contribution in [0.15, 0.2) is 0 Å². The van der Waals surface area contributed by atoms with Crippen LogP contribution >= 0.6 is 12.4 Å². The zero-order chi connectivity index (χ0) is 11.1. The SMILES string of the molecule is CNCCCNS(=O)(=O)N1CCOCC1.Cl. The molecule has 1 saturated heterocycles. The summed E-state index contributed by atoms with van der Waals surface area (Å²) in [7, 11) is -1.44. The average Bonchev–Trinajstić information content (AvgIpc) is 2.26. The van der Waals surface area contributed by atoms with Crippen molar-refractivity contribution < 1.29 is 13.2 Å². The summed E-state index contributed by atoms with van der Waals surface area (Å²) in [6, 6.07) is 0. The molecule has 0 aromatic rings. The predicted octanol–water partition coefficient (Wildman–Crippen LogP) is -0.816. The molecule has 2 N–H and O–H groups in total. The van der Waals surface area contributed by atoms with Crippen molar-refractivity contribution in [2.45, 2.75) is 6.42 Å². The molecule has 0 saturated carbocycles. The number of nitrogens with one attached hydrogen (secondary N) is 2. The van der Waals surface area contributed by atoms with E-state index in [1.807, 2.05) is 7.05 Å². The van der Waals surface area contributed by atoms with Crippen LogP contribution in [0.1, 0.15) is 6.42 Å². The van der Waals surface area contributed by atoms with Crippen molar-refractivity contribution in [3.8, 4) is 0 Å². The lowest BCUT2D eigenvalue weighted by molar-refractivity contribution is 0.0725. The van der Waals surface area contributed by atoms with E-state index in [2.05, 4.69) is 10.0 Å². The third-order valence-electron chi connectivity index (χ3n) is 2.20. The van der Waals surface area contributed by atoms with Crippen LogP contribution in [0, 0.1) is 0 Å². The number of hydrogen-bond donors (Lipinski definition) is 2. The standard InChI is InChI=1S/C8H19N3O3S.ClH/c1-9-3-2-4-10-15(12,13)11-5-7-14-8-6-11;/h9-10H,2-8H2,1H3;1H. The van der Waals surface area contributed by atoms with Crippen LogP contribution in [-0.2, 0) is 14.9 Å². The highest BCUT2D eigenvalue weighted by molar-refractivity contribution is 7.87.